The number of benzene rings is 1. The zero-order valence-electron chi connectivity index (χ0n) is 14.0. The summed E-state index contributed by atoms with van der Waals surface area (Å²) in [5.74, 6) is 0.315. The highest BCUT2D eigenvalue weighted by Crippen LogP contribution is 2.29. The Morgan fingerprint density at radius 2 is 1.92 bits per heavy atom. The van der Waals surface area contributed by atoms with Gasteiger partial charge in [0, 0.05) is 38.1 Å². The van der Waals surface area contributed by atoms with E-state index in [1.165, 1.54) is 6.42 Å². The molecule has 0 N–H and O–H groups in total. The maximum absolute atomic E-state index is 12.2. The number of fused-ring (bicyclic) bond motifs is 2. The third kappa shape index (κ3) is 3.96. The molecule has 2 bridgehead atoms. The quantitative estimate of drug-likeness (QED) is 0.783. The number of halogens is 2. The van der Waals surface area contributed by atoms with E-state index in [2.05, 4.69) is 22.0 Å². The van der Waals surface area contributed by atoms with E-state index in [0.717, 1.165) is 38.0 Å². The van der Waals surface area contributed by atoms with Gasteiger partial charge in [-0.2, -0.15) is 0 Å². The van der Waals surface area contributed by atoms with Crippen molar-refractivity contribution in [2.75, 3.05) is 19.6 Å². The fourth-order valence-electron chi connectivity index (χ4n) is 3.89. The van der Waals surface area contributed by atoms with Gasteiger partial charge in [0.2, 0.25) is 5.91 Å². The van der Waals surface area contributed by atoms with Crippen LogP contribution in [0.25, 0.3) is 6.08 Å². The molecule has 24 heavy (non-hydrogen) atoms. The second-order valence-electron chi connectivity index (χ2n) is 6.69. The summed E-state index contributed by atoms with van der Waals surface area (Å²) in [4.78, 5) is 16.8. The minimum atomic E-state index is 0.315. The van der Waals surface area contributed by atoms with Gasteiger partial charge in [0.05, 0.1) is 10.0 Å². The normalized spacial score (nSPS) is 24.5. The predicted molar refractivity (Wildman–Crippen MR) is 101 cm³/mol. The standard InChI is InChI=1S/C19H24Cl2N2O/c1-2-19(24)23-15-6-3-7-16(23)13-22(12-15)10-4-5-14-8-9-17(20)18(21)11-14/h4-5,8-9,11,15-16H,2-3,6-7,10,12-13H2,1H3/b5-4+/t15-,16+. The van der Waals surface area contributed by atoms with E-state index in [1.54, 1.807) is 0 Å². The monoisotopic (exact) mass is 366 g/mol. The van der Waals surface area contributed by atoms with Gasteiger partial charge in [-0.3, -0.25) is 9.69 Å². The molecule has 2 aliphatic rings. The lowest BCUT2D eigenvalue weighted by molar-refractivity contribution is -0.142. The molecule has 2 saturated heterocycles. The Balaban J connectivity index is 1.60. The fraction of sp³-hybridized carbons (Fsp3) is 0.526. The highest BCUT2D eigenvalue weighted by atomic mass is 35.5. The minimum Gasteiger partial charge on any atom is -0.334 e. The summed E-state index contributed by atoms with van der Waals surface area (Å²) in [5.41, 5.74) is 1.06. The third-order valence-corrected chi connectivity index (χ3v) is 5.75. The fourth-order valence-corrected chi connectivity index (χ4v) is 4.19. The number of hydrogen-bond donors (Lipinski definition) is 0. The van der Waals surface area contributed by atoms with Crippen molar-refractivity contribution in [3.8, 4) is 0 Å². The Kier molecular flexibility index (Phi) is 5.85. The number of carbonyl (C=O) groups excluding carboxylic acids is 1. The first-order valence-electron chi connectivity index (χ1n) is 8.73. The van der Waals surface area contributed by atoms with E-state index in [9.17, 15) is 4.79 Å². The molecule has 1 amide bonds. The Morgan fingerprint density at radius 1 is 1.21 bits per heavy atom. The zero-order chi connectivity index (χ0) is 17.1. The van der Waals surface area contributed by atoms with Crippen LogP contribution in [0.1, 0.15) is 38.2 Å². The van der Waals surface area contributed by atoms with Crippen LogP contribution < -0.4 is 0 Å². The number of amides is 1. The number of carbonyl (C=O) groups is 1. The summed E-state index contributed by atoms with van der Waals surface area (Å²) in [5, 5.41) is 1.17. The molecule has 0 spiro atoms. The van der Waals surface area contributed by atoms with Crippen molar-refractivity contribution in [2.45, 2.75) is 44.7 Å². The van der Waals surface area contributed by atoms with E-state index in [4.69, 9.17) is 23.2 Å². The van der Waals surface area contributed by atoms with Gasteiger partial charge in [-0.05, 0) is 37.0 Å². The van der Waals surface area contributed by atoms with Crippen LogP contribution in [0.2, 0.25) is 10.0 Å². The molecule has 0 aromatic heterocycles. The summed E-state index contributed by atoms with van der Waals surface area (Å²) in [7, 11) is 0. The van der Waals surface area contributed by atoms with Gasteiger partial charge in [0.25, 0.3) is 0 Å². The smallest absolute Gasteiger partial charge is 0.222 e. The molecule has 2 fully saturated rings. The third-order valence-electron chi connectivity index (χ3n) is 5.01. The van der Waals surface area contributed by atoms with Crippen molar-refractivity contribution in [3.05, 3.63) is 39.9 Å². The van der Waals surface area contributed by atoms with Crippen LogP contribution in [0.4, 0.5) is 0 Å². The summed E-state index contributed by atoms with van der Waals surface area (Å²) >= 11 is 12.0. The van der Waals surface area contributed by atoms with Crippen molar-refractivity contribution in [3.63, 3.8) is 0 Å². The van der Waals surface area contributed by atoms with Crippen LogP contribution in [0, 0.1) is 0 Å². The molecular weight excluding hydrogens is 343 g/mol. The van der Waals surface area contributed by atoms with Gasteiger partial charge in [-0.1, -0.05) is 48.3 Å². The van der Waals surface area contributed by atoms with Crippen LogP contribution in [0.3, 0.4) is 0 Å². The SMILES string of the molecule is CCC(=O)N1[C@@H]2CCC[C@H]1CN(C/C=C/c1ccc(Cl)c(Cl)c1)C2. The summed E-state index contributed by atoms with van der Waals surface area (Å²) in [6.45, 7) is 4.83. The molecule has 3 rings (SSSR count). The second kappa shape index (κ2) is 7.90. The molecule has 2 aliphatic heterocycles. The van der Waals surface area contributed by atoms with Crippen molar-refractivity contribution in [1.82, 2.24) is 9.80 Å². The first kappa shape index (κ1) is 17.8. The number of rotatable bonds is 4. The van der Waals surface area contributed by atoms with Gasteiger partial charge in [0.1, 0.15) is 0 Å². The minimum absolute atomic E-state index is 0.315. The topological polar surface area (TPSA) is 23.6 Å². The van der Waals surface area contributed by atoms with Crippen molar-refractivity contribution >= 4 is 35.2 Å². The van der Waals surface area contributed by atoms with Crippen LogP contribution in [0.5, 0.6) is 0 Å². The molecule has 2 atom stereocenters. The van der Waals surface area contributed by atoms with Crippen LogP contribution in [-0.2, 0) is 4.79 Å². The molecule has 130 valence electrons. The Labute approximate surface area is 154 Å². The second-order valence-corrected chi connectivity index (χ2v) is 7.50. The van der Waals surface area contributed by atoms with Crippen molar-refractivity contribution in [2.24, 2.45) is 0 Å². The Hall–Kier alpha value is -1.03. The van der Waals surface area contributed by atoms with Crippen LogP contribution >= 0.6 is 23.2 Å². The predicted octanol–water partition coefficient (Wildman–Crippen LogP) is 4.48. The van der Waals surface area contributed by atoms with Gasteiger partial charge < -0.3 is 4.90 Å². The largest absolute Gasteiger partial charge is 0.334 e. The number of hydrogen-bond acceptors (Lipinski definition) is 2. The average Bonchev–Trinajstić information content (AvgIpc) is 2.56. The molecule has 5 heteroatoms. The first-order valence-corrected chi connectivity index (χ1v) is 9.49. The summed E-state index contributed by atoms with van der Waals surface area (Å²) < 4.78 is 0. The Bertz CT molecular complexity index is 618. The van der Waals surface area contributed by atoms with Gasteiger partial charge >= 0.3 is 0 Å². The van der Waals surface area contributed by atoms with Crippen LogP contribution in [-0.4, -0.2) is 47.4 Å². The van der Waals surface area contributed by atoms with Crippen molar-refractivity contribution < 1.29 is 4.79 Å². The van der Waals surface area contributed by atoms with Gasteiger partial charge in [-0.15, -0.1) is 0 Å². The molecule has 2 heterocycles. The molecule has 1 aromatic carbocycles. The van der Waals surface area contributed by atoms with E-state index in [1.807, 2.05) is 25.1 Å². The van der Waals surface area contributed by atoms with E-state index < -0.39 is 0 Å². The summed E-state index contributed by atoms with van der Waals surface area (Å²) in [6.07, 6.45) is 8.39. The Morgan fingerprint density at radius 3 is 2.54 bits per heavy atom. The lowest BCUT2D eigenvalue weighted by Crippen LogP contribution is -2.62. The van der Waals surface area contributed by atoms with Crippen LogP contribution in [0.15, 0.2) is 24.3 Å². The lowest BCUT2D eigenvalue weighted by atomic mass is 9.91. The van der Waals surface area contributed by atoms with Gasteiger partial charge in [0.15, 0.2) is 0 Å². The lowest BCUT2D eigenvalue weighted by Gasteiger charge is -2.50. The first-order chi connectivity index (χ1) is 11.6. The number of nitrogens with zero attached hydrogens (tertiary/aromatic N) is 2. The highest BCUT2D eigenvalue weighted by Gasteiger charge is 2.38. The average molecular weight is 367 g/mol. The van der Waals surface area contributed by atoms with Crippen molar-refractivity contribution in [1.29, 1.82) is 0 Å². The molecule has 0 aliphatic carbocycles. The zero-order valence-corrected chi connectivity index (χ0v) is 15.6. The number of piperidine rings is 1. The molecule has 0 unspecified atom stereocenters. The maximum Gasteiger partial charge on any atom is 0.222 e. The molecule has 1 aromatic rings. The van der Waals surface area contributed by atoms with Gasteiger partial charge in [-0.25, -0.2) is 0 Å². The molecular formula is C19H24Cl2N2O. The molecule has 0 saturated carbocycles. The summed E-state index contributed by atoms with van der Waals surface area (Å²) in [6, 6.07) is 6.46. The number of likely N-dealkylation sites (tertiary alicyclic amines) is 1. The molecule has 3 nitrogen and oxygen atoms in total. The van der Waals surface area contributed by atoms with E-state index in [0.29, 0.717) is 34.5 Å². The van der Waals surface area contributed by atoms with E-state index in [-0.39, 0.29) is 0 Å². The highest BCUT2D eigenvalue weighted by molar-refractivity contribution is 6.42. The van der Waals surface area contributed by atoms with E-state index >= 15 is 0 Å². The number of piperazine rings is 1. The maximum atomic E-state index is 12.2. The molecule has 0 radical (unpaired) electrons.